The summed E-state index contributed by atoms with van der Waals surface area (Å²) in [5.74, 6) is 0.992. The summed E-state index contributed by atoms with van der Waals surface area (Å²) in [6.45, 7) is 5.22. The fraction of sp³-hybridized carbons (Fsp3) is 0.438. The van der Waals surface area contributed by atoms with Crippen molar-refractivity contribution in [3.8, 4) is 0 Å². The van der Waals surface area contributed by atoms with Gasteiger partial charge in [0.1, 0.15) is 12.1 Å². The highest BCUT2D eigenvalue weighted by atomic mass is 15.3. The molecule has 3 rings (SSSR count). The van der Waals surface area contributed by atoms with Crippen molar-refractivity contribution >= 4 is 5.82 Å². The third kappa shape index (κ3) is 3.19. The molecule has 1 atom stereocenters. The molecular weight excluding hydrogens is 262 g/mol. The van der Waals surface area contributed by atoms with Gasteiger partial charge in [-0.25, -0.2) is 9.97 Å². The van der Waals surface area contributed by atoms with Crippen molar-refractivity contribution in [2.45, 2.75) is 25.9 Å². The van der Waals surface area contributed by atoms with Gasteiger partial charge >= 0.3 is 0 Å². The van der Waals surface area contributed by atoms with Crippen LogP contribution in [-0.4, -0.2) is 46.0 Å². The van der Waals surface area contributed by atoms with E-state index in [1.165, 1.54) is 11.3 Å². The van der Waals surface area contributed by atoms with Crippen molar-refractivity contribution in [3.63, 3.8) is 0 Å². The average molecular weight is 283 g/mol. The van der Waals surface area contributed by atoms with Gasteiger partial charge in [0.25, 0.3) is 0 Å². The van der Waals surface area contributed by atoms with Gasteiger partial charge in [0.05, 0.1) is 5.69 Å². The van der Waals surface area contributed by atoms with Gasteiger partial charge in [-0.3, -0.25) is 9.88 Å². The first-order chi connectivity index (χ1) is 10.2. The molecule has 21 heavy (non-hydrogen) atoms. The first kappa shape index (κ1) is 13.9. The maximum absolute atomic E-state index is 4.49. The number of pyridine rings is 1. The van der Waals surface area contributed by atoms with Crippen molar-refractivity contribution in [2.24, 2.45) is 0 Å². The maximum Gasteiger partial charge on any atom is 0.131 e. The summed E-state index contributed by atoms with van der Waals surface area (Å²) >= 11 is 0. The number of likely N-dealkylation sites (tertiary alicyclic amines) is 1. The van der Waals surface area contributed by atoms with Crippen LogP contribution in [0.5, 0.6) is 0 Å². The zero-order valence-electron chi connectivity index (χ0n) is 12.6. The van der Waals surface area contributed by atoms with Crippen LogP contribution in [0, 0.1) is 6.92 Å². The standard InChI is InChI=1S/C16H21N5/c1-13-4-3-7-18-15(13)11-21-9-6-14(10-21)20(2)16-5-8-17-12-19-16/h3-5,7-8,12,14H,6,9-11H2,1-2H3. The minimum absolute atomic E-state index is 0.504. The second-order valence-corrected chi connectivity index (χ2v) is 5.62. The van der Waals surface area contributed by atoms with Crippen LogP contribution in [0.25, 0.3) is 0 Å². The van der Waals surface area contributed by atoms with Gasteiger partial charge in [-0.05, 0) is 31.0 Å². The predicted molar refractivity (Wildman–Crippen MR) is 83.1 cm³/mol. The number of likely N-dealkylation sites (N-methyl/N-ethyl adjacent to an activating group) is 1. The number of hydrogen-bond acceptors (Lipinski definition) is 5. The maximum atomic E-state index is 4.49. The van der Waals surface area contributed by atoms with E-state index in [1.807, 2.05) is 18.3 Å². The van der Waals surface area contributed by atoms with Crippen LogP contribution in [-0.2, 0) is 6.54 Å². The van der Waals surface area contributed by atoms with E-state index in [0.29, 0.717) is 6.04 Å². The molecule has 0 spiro atoms. The fourth-order valence-corrected chi connectivity index (χ4v) is 2.85. The molecule has 1 aliphatic rings. The molecule has 3 heterocycles. The van der Waals surface area contributed by atoms with Gasteiger partial charge in [-0.2, -0.15) is 0 Å². The first-order valence-electron chi connectivity index (χ1n) is 7.36. The van der Waals surface area contributed by atoms with E-state index < -0.39 is 0 Å². The van der Waals surface area contributed by atoms with Gasteiger partial charge in [0, 0.05) is 45.1 Å². The largest absolute Gasteiger partial charge is 0.355 e. The van der Waals surface area contributed by atoms with E-state index in [2.05, 4.69) is 44.8 Å². The van der Waals surface area contributed by atoms with Gasteiger partial charge in [0.2, 0.25) is 0 Å². The topological polar surface area (TPSA) is 45.2 Å². The van der Waals surface area contributed by atoms with E-state index in [0.717, 1.165) is 31.9 Å². The van der Waals surface area contributed by atoms with E-state index >= 15 is 0 Å². The van der Waals surface area contributed by atoms with Crippen molar-refractivity contribution < 1.29 is 0 Å². The molecule has 1 aliphatic heterocycles. The molecule has 0 saturated carbocycles. The molecule has 0 radical (unpaired) electrons. The highest BCUT2D eigenvalue weighted by Gasteiger charge is 2.26. The van der Waals surface area contributed by atoms with Gasteiger partial charge in [-0.1, -0.05) is 6.07 Å². The lowest BCUT2D eigenvalue weighted by atomic mass is 10.2. The first-order valence-corrected chi connectivity index (χ1v) is 7.36. The molecule has 5 heteroatoms. The highest BCUT2D eigenvalue weighted by molar-refractivity contribution is 5.37. The Hall–Kier alpha value is -2.01. The SMILES string of the molecule is Cc1cccnc1CN1CCC(N(C)c2ccncn2)C1. The van der Waals surface area contributed by atoms with E-state index in [9.17, 15) is 0 Å². The molecule has 1 unspecified atom stereocenters. The van der Waals surface area contributed by atoms with Gasteiger partial charge < -0.3 is 4.90 Å². The Kier molecular flexibility index (Phi) is 4.10. The number of hydrogen-bond donors (Lipinski definition) is 0. The van der Waals surface area contributed by atoms with Crippen molar-refractivity contribution in [2.75, 3.05) is 25.0 Å². The van der Waals surface area contributed by atoms with Crippen LogP contribution in [0.3, 0.4) is 0 Å². The lowest BCUT2D eigenvalue weighted by Crippen LogP contribution is -2.35. The van der Waals surface area contributed by atoms with Crippen LogP contribution in [0.4, 0.5) is 5.82 Å². The number of nitrogens with zero attached hydrogens (tertiary/aromatic N) is 5. The Morgan fingerprint density at radius 3 is 2.95 bits per heavy atom. The predicted octanol–water partition coefficient (Wildman–Crippen LogP) is 1.89. The Balaban J connectivity index is 1.62. The summed E-state index contributed by atoms with van der Waals surface area (Å²) in [5, 5.41) is 0. The molecule has 0 bridgehead atoms. The second kappa shape index (κ2) is 6.18. The molecular formula is C16H21N5. The van der Waals surface area contributed by atoms with Crippen LogP contribution in [0.2, 0.25) is 0 Å². The van der Waals surface area contributed by atoms with Crippen molar-refractivity contribution in [1.29, 1.82) is 0 Å². The van der Waals surface area contributed by atoms with Crippen molar-refractivity contribution in [3.05, 3.63) is 48.2 Å². The summed E-state index contributed by atoms with van der Waals surface area (Å²) in [5.41, 5.74) is 2.45. The molecule has 1 fully saturated rings. The zero-order valence-corrected chi connectivity index (χ0v) is 12.6. The molecule has 5 nitrogen and oxygen atoms in total. The van der Waals surface area contributed by atoms with Crippen LogP contribution >= 0.6 is 0 Å². The molecule has 2 aromatic heterocycles. The summed E-state index contributed by atoms with van der Waals surface area (Å²) in [4.78, 5) is 17.5. The fourth-order valence-electron chi connectivity index (χ4n) is 2.85. The summed E-state index contributed by atoms with van der Waals surface area (Å²) in [7, 11) is 2.11. The number of aromatic nitrogens is 3. The van der Waals surface area contributed by atoms with Crippen LogP contribution < -0.4 is 4.90 Å². The lowest BCUT2D eigenvalue weighted by molar-refractivity contribution is 0.321. The molecule has 0 aliphatic carbocycles. The third-order valence-electron chi connectivity index (χ3n) is 4.21. The van der Waals surface area contributed by atoms with E-state index in [4.69, 9.17) is 0 Å². The monoisotopic (exact) mass is 283 g/mol. The second-order valence-electron chi connectivity index (χ2n) is 5.62. The quantitative estimate of drug-likeness (QED) is 0.857. The van der Waals surface area contributed by atoms with Gasteiger partial charge in [-0.15, -0.1) is 0 Å². The molecule has 110 valence electrons. The summed E-state index contributed by atoms with van der Waals surface area (Å²) in [6, 6.07) is 6.59. The lowest BCUT2D eigenvalue weighted by Gasteiger charge is -2.25. The number of anilines is 1. The normalized spacial score (nSPS) is 18.9. The smallest absolute Gasteiger partial charge is 0.131 e. The third-order valence-corrected chi connectivity index (χ3v) is 4.21. The Morgan fingerprint density at radius 1 is 1.29 bits per heavy atom. The molecule has 1 saturated heterocycles. The molecule has 2 aromatic rings. The van der Waals surface area contributed by atoms with Crippen LogP contribution in [0.1, 0.15) is 17.7 Å². The number of aryl methyl sites for hydroxylation is 1. The summed E-state index contributed by atoms with van der Waals surface area (Å²) < 4.78 is 0. The van der Waals surface area contributed by atoms with E-state index in [-0.39, 0.29) is 0 Å². The van der Waals surface area contributed by atoms with Crippen LogP contribution in [0.15, 0.2) is 36.9 Å². The van der Waals surface area contributed by atoms with Crippen molar-refractivity contribution in [1.82, 2.24) is 19.9 Å². The Bertz CT molecular complexity index is 586. The van der Waals surface area contributed by atoms with E-state index in [1.54, 1.807) is 12.5 Å². The minimum atomic E-state index is 0.504. The molecule has 0 amide bonds. The average Bonchev–Trinajstić information content (AvgIpc) is 2.98. The Morgan fingerprint density at radius 2 is 2.19 bits per heavy atom. The minimum Gasteiger partial charge on any atom is -0.355 e. The molecule has 0 aromatic carbocycles. The Labute approximate surface area is 125 Å². The zero-order chi connectivity index (χ0) is 14.7. The van der Waals surface area contributed by atoms with Gasteiger partial charge in [0.15, 0.2) is 0 Å². The number of rotatable bonds is 4. The highest BCUT2D eigenvalue weighted by Crippen LogP contribution is 2.20. The molecule has 0 N–H and O–H groups in total. The summed E-state index contributed by atoms with van der Waals surface area (Å²) in [6.07, 6.45) is 6.44.